The number of nitrogens with one attached hydrogen (secondary N) is 2. The van der Waals surface area contributed by atoms with Gasteiger partial charge in [0.15, 0.2) is 0 Å². The van der Waals surface area contributed by atoms with Crippen LogP contribution >= 0.6 is 0 Å². The van der Waals surface area contributed by atoms with E-state index in [-0.39, 0.29) is 11.6 Å². The Morgan fingerprint density at radius 1 is 1.19 bits per heavy atom. The number of hydrogen-bond acceptors (Lipinski definition) is 5. The SMILES string of the molecule is NNc1cc(C(F)(F)F)cc(NCCc2cccnc2)n1. The van der Waals surface area contributed by atoms with Crippen molar-refractivity contribution < 1.29 is 13.2 Å². The highest BCUT2D eigenvalue weighted by Crippen LogP contribution is 2.31. The van der Waals surface area contributed by atoms with Gasteiger partial charge >= 0.3 is 6.18 Å². The Morgan fingerprint density at radius 3 is 2.57 bits per heavy atom. The third-order valence-corrected chi connectivity index (χ3v) is 2.74. The minimum Gasteiger partial charge on any atom is -0.370 e. The molecular formula is C13H14F3N5. The van der Waals surface area contributed by atoms with E-state index in [9.17, 15) is 13.2 Å². The first-order chi connectivity index (χ1) is 9.99. The molecule has 0 saturated heterocycles. The average molecular weight is 297 g/mol. The van der Waals surface area contributed by atoms with Crippen LogP contribution in [0.5, 0.6) is 0 Å². The van der Waals surface area contributed by atoms with Crippen molar-refractivity contribution in [2.45, 2.75) is 12.6 Å². The molecule has 8 heteroatoms. The smallest absolute Gasteiger partial charge is 0.370 e. The average Bonchev–Trinajstić information content (AvgIpc) is 2.47. The van der Waals surface area contributed by atoms with Crippen molar-refractivity contribution in [1.29, 1.82) is 0 Å². The number of rotatable bonds is 5. The molecule has 0 radical (unpaired) electrons. The molecule has 2 rings (SSSR count). The summed E-state index contributed by atoms with van der Waals surface area (Å²) in [6, 6.07) is 5.49. The molecule has 4 N–H and O–H groups in total. The first kappa shape index (κ1) is 15.0. The van der Waals surface area contributed by atoms with Gasteiger partial charge in [-0.3, -0.25) is 4.98 Å². The van der Waals surface area contributed by atoms with Crippen molar-refractivity contribution >= 4 is 11.6 Å². The van der Waals surface area contributed by atoms with Gasteiger partial charge in [0.05, 0.1) is 5.56 Å². The monoisotopic (exact) mass is 297 g/mol. The molecule has 0 spiro atoms. The van der Waals surface area contributed by atoms with E-state index in [0.717, 1.165) is 17.7 Å². The molecule has 0 unspecified atom stereocenters. The maximum Gasteiger partial charge on any atom is 0.416 e. The van der Waals surface area contributed by atoms with Gasteiger partial charge in [0, 0.05) is 18.9 Å². The first-order valence-corrected chi connectivity index (χ1v) is 6.18. The lowest BCUT2D eigenvalue weighted by Crippen LogP contribution is -2.14. The Morgan fingerprint density at radius 2 is 1.95 bits per heavy atom. The third-order valence-electron chi connectivity index (χ3n) is 2.74. The third kappa shape index (κ3) is 4.32. The molecule has 2 heterocycles. The van der Waals surface area contributed by atoms with Crippen LogP contribution in [0.2, 0.25) is 0 Å². The molecule has 0 aliphatic heterocycles. The molecule has 0 amide bonds. The van der Waals surface area contributed by atoms with Gasteiger partial charge in [0.1, 0.15) is 11.6 Å². The number of nitrogens with two attached hydrogens (primary N) is 1. The Balaban J connectivity index is 2.05. The quantitative estimate of drug-likeness (QED) is 0.584. The first-order valence-electron chi connectivity index (χ1n) is 6.18. The van der Waals surface area contributed by atoms with Gasteiger partial charge in [-0.05, 0) is 30.2 Å². The second-order valence-electron chi connectivity index (χ2n) is 4.31. The topological polar surface area (TPSA) is 75.9 Å². The fourth-order valence-corrected chi connectivity index (χ4v) is 1.74. The van der Waals surface area contributed by atoms with Crippen molar-refractivity contribution in [2.75, 3.05) is 17.3 Å². The highest BCUT2D eigenvalue weighted by molar-refractivity contribution is 5.49. The lowest BCUT2D eigenvalue weighted by atomic mass is 10.2. The maximum absolute atomic E-state index is 12.7. The largest absolute Gasteiger partial charge is 0.416 e. The summed E-state index contributed by atoms with van der Waals surface area (Å²) in [6.07, 6.45) is -0.468. The van der Waals surface area contributed by atoms with Crippen molar-refractivity contribution in [3.63, 3.8) is 0 Å². The van der Waals surface area contributed by atoms with Crippen LogP contribution < -0.4 is 16.6 Å². The summed E-state index contributed by atoms with van der Waals surface area (Å²) in [7, 11) is 0. The van der Waals surface area contributed by atoms with Gasteiger partial charge in [0.25, 0.3) is 0 Å². The maximum atomic E-state index is 12.7. The predicted octanol–water partition coefficient (Wildman–Crippen LogP) is 2.44. The number of anilines is 2. The Kier molecular flexibility index (Phi) is 4.59. The summed E-state index contributed by atoms with van der Waals surface area (Å²) in [5, 5.41) is 2.85. The lowest BCUT2D eigenvalue weighted by Gasteiger charge is -2.12. The molecule has 112 valence electrons. The normalized spacial score (nSPS) is 11.2. The van der Waals surface area contributed by atoms with Crippen LogP contribution in [0.15, 0.2) is 36.7 Å². The highest BCUT2D eigenvalue weighted by Gasteiger charge is 2.31. The zero-order valence-corrected chi connectivity index (χ0v) is 11.0. The fraction of sp³-hybridized carbons (Fsp3) is 0.231. The van der Waals surface area contributed by atoms with Crippen LogP contribution in [0.1, 0.15) is 11.1 Å². The van der Waals surface area contributed by atoms with Gasteiger partial charge in [-0.1, -0.05) is 6.07 Å². The molecule has 0 aliphatic rings. The zero-order valence-electron chi connectivity index (χ0n) is 11.0. The summed E-state index contributed by atoms with van der Waals surface area (Å²) >= 11 is 0. The van der Waals surface area contributed by atoms with E-state index in [1.807, 2.05) is 6.07 Å². The molecule has 0 bridgehead atoms. The number of nitrogens with zero attached hydrogens (tertiary/aromatic N) is 2. The predicted molar refractivity (Wildman–Crippen MR) is 73.5 cm³/mol. The number of hydrazine groups is 1. The number of alkyl halides is 3. The summed E-state index contributed by atoms with van der Waals surface area (Å²) in [6.45, 7) is 0.435. The zero-order chi connectivity index (χ0) is 15.3. The molecule has 0 aromatic carbocycles. The minimum atomic E-state index is -4.45. The number of nitrogen functional groups attached to an aromatic ring is 1. The molecule has 0 saturated carbocycles. The van der Waals surface area contributed by atoms with E-state index in [0.29, 0.717) is 13.0 Å². The van der Waals surface area contributed by atoms with E-state index >= 15 is 0 Å². The van der Waals surface area contributed by atoms with Gasteiger partial charge in [-0.15, -0.1) is 0 Å². The molecule has 2 aromatic rings. The van der Waals surface area contributed by atoms with Crippen LogP contribution in [0.3, 0.4) is 0 Å². The van der Waals surface area contributed by atoms with Crippen molar-refractivity contribution in [1.82, 2.24) is 9.97 Å². The number of pyridine rings is 2. The van der Waals surface area contributed by atoms with Crippen LogP contribution in [0.4, 0.5) is 24.8 Å². The fourth-order valence-electron chi connectivity index (χ4n) is 1.74. The Hall–Kier alpha value is -2.35. The molecular weight excluding hydrogens is 283 g/mol. The number of halogens is 3. The lowest BCUT2D eigenvalue weighted by molar-refractivity contribution is -0.137. The molecule has 2 aromatic heterocycles. The van der Waals surface area contributed by atoms with Crippen LogP contribution in [0.25, 0.3) is 0 Å². The standard InChI is InChI=1S/C13H14F3N5/c14-13(15,16)10-6-11(20-12(7-10)21-17)19-5-3-9-2-1-4-18-8-9/h1-2,4,6-8H,3,5,17H2,(H2,19,20,21). The minimum absolute atomic E-state index is 0.0475. The summed E-state index contributed by atoms with van der Waals surface area (Å²) in [5.41, 5.74) is 2.30. The molecule has 21 heavy (non-hydrogen) atoms. The van der Waals surface area contributed by atoms with Crippen LogP contribution in [-0.4, -0.2) is 16.5 Å². The van der Waals surface area contributed by atoms with Crippen LogP contribution in [-0.2, 0) is 12.6 Å². The van der Waals surface area contributed by atoms with Crippen molar-refractivity contribution in [3.8, 4) is 0 Å². The second kappa shape index (κ2) is 6.40. The number of hydrogen-bond donors (Lipinski definition) is 3. The van der Waals surface area contributed by atoms with E-state index in [1.54, 1.807) is 18.5 Å². The van der Waals surface area contributed by atoms with Crippen molar-refractivity contribution in [2.24, 2.45) is 5.84 Å². The van der Waals surface area contributed by atoms with Gasteiger partial charge in [0.2, 0.25) is 0 Å². The van der Waals surface area contributed by atoms with Gasteiger partial charge in [-0.25, -0.2) is 10.8 Å². The Bertz CT molecular complexity index is 586. The summed E-state index contributed by atoms with van der Waals surface area (Å²) in [4.78, 5) is 7.90. The van der Waals surface area contributed by atoms with Crippen molar-refractivity contribution in [3.05, 3.63) is 47.8 Å². The van der Waals surface area contributed by atoms with E-state index in [2.05, 4.69) is 20.7 Å². The Labute approximate surface area is 119 Å². The van der Waals surface area contributed by atoms with E-state index < -0.39 is 11.7 Å². The van der Waals surface area contributed by atoms with E-state index in [4.69, 9.17) is 5.84 Å². The molecule has 5 nitrogen and oxygen atoms in total. The molecule has 0 fully saturated rings. The van der Waals surface area contributed by atoms with E-state index in [1.165, 1.54) is 0 Å². The second-order valence-corrected chi connectivity index (χ2v) is 4.31. The molecule has 0 atom stereocenters. The molecule has 0 aliphatic carbocycles. The number of aromatic nitrogens is 2. The van der Waals surface area contributed by atoms with Gasteiger partial charge in [-0.2, -0.15) is 13.2 Å². The summed E-state index contributed by atoms with van der Waals surface area (Å²) < 4.78 is 38.2. The highest BCUT2D eigenvalue weighted by atomic mass is 19.4. The summed E-state index contributed by atoms with van der Waals surface area (Å²) in [5.74, 6) is 5.20. The van der Waals surface area contributed by atoms with Gasteiger partial charge < -0.3 is 10.7 Å². The van der Waals surface area contributed by atoms with Crippen LogP contribution in [0, 0.1) is 0 Å².